The number of nitrogens with one attached hydrogen (secondary N) is 3. The summed E-state index contributed by atoms with van der Waals surface area (Å²) in [7, 11) is 0. The number of hydrogen-bond acceptors (Lipinski definition) is 7. The number of hydrogen-bond donors (Lipinski definition) is 3. The maximum Gasteiger partial charge on any atom is 0.225 e. The third-order valence-corrected chi connectivity index (χ3v) is 6.31. The smallest absolute Gasteiger partial charge is 0.225 e. The molecule has 9 heteroatoms. The number of rotatable bonds is 6. The minimum Gasteiger partial charge on any atom is -0.351 e. The van der Waals surface area contributed by atoms with E-state index in [1.54, 1.807) is 6.07 Å². The second-order valence-electron chi connectivity index (χ2n) is 8.46. The Morgan fingerprint density at radius 1 is 1.23 bits per heavy atom. The molecule has 0 amide bonds. The molecule has 0 aliphatic carbocycles. The Bertz CT molecular complexity index is 1120. The van der Waals surface area contributed by atoms with Crippen molar-refractivity contribution in [3.8, 4) is 6.07 Å². The molecule has 2 unspecified atom stereocenters. The van der Waals surface area contributed by atoms with Crippen LogP contribution in [0, 0.1) is 24.1 Å². The van der Waals surface area contributed by atoms with Gasteiger partial charge >= 0.3 is 0 Å². The second kappa shape index (κ2) is 8.12. The van der Waals surface area contributed by atoms with Crippen molar-refractivity contribution in [2.45, 2.75) is 57.2 Å². The summed E-state index contributed by atoms with van der Waals surface area (Å²) in [6.45, 7) is 2.78. The highest BCUT2D eigenvalue weighted by Crippen LogP contribution is 2.37. The first-order valence-corrected chi connectivity index (χ1v) is 10.7. The van der Waals surface area contributed by atoms with E-state index in [-0.39, 0.29) is 11.9 Å². The molecule has 0 saturated carbocycles. The van der Waals surface area contributed by atoms with Gasteiger partial charge in [0, 0.05) is 54.3 Å². The van der Waals surface area contributed by atoms with Gasteiger partial charge in [0.2, 0.25) is 5.95 Å². The van der Waals surface area contributed by atoms with Crippen molar-refractivity contribution in [1.29, 1.82) is 5.26 Å². The van der Waals surface area contributed by atoms with Crippen molar-refractivity contribution < 1.29 is 4.39 Å². The van der Waals surface area contributed by atoms with Gasteiger partial charge < -0.3 is 10.6 Å². The Kier molecular flexibility index (Phi) is 5.16. The topological polar surface area (TPSA) is 106 Å². The largest absolute Gasteiger partial charge is 0.351 e. The second-order valence-corrected chi connectivity index (χ2v) is 8.46. The number of fused-ring (bicyclic) bond motifs is 3. The molecule has 1 aromatic carbocycles. The number of H-pyrrole nitrogens is 1. The summed E-state index contributed by atoms with van der Waals surface area (Å²) in [5.74, 6) is 1.40. The quantitative estimate of drug-likeness (QED) is 0.556. The van der Waals surface area contributed by atoms with Crippen molar-refractivity contribution >= 4 is 28.5 Å². The average Bonchev–Trinajstić information content (AvgIpc) is 3.25. The van der Waals surface area contributed by atoms with Crippen molar-refractivity contribution in [3.05, 3.63) is 35.8 Å². The van der Waals surface area contributed by atoms with Crippen LogP contribution in [-0.2, 0) is 0 Å². The van der Waals surface area contributed by atoms with Crippen molar-refractivity contribution in [2.75, 3.05) is 17.2 Å². The van der Waals surface area contributed by atoms with E-state index in [4.69, 9.17) is 10.2 Å². The predicted octanol–water partition coefficient (Wildman–Crippen LogP) is 3.87. The number of aromatic amines is 1. The summed E-state index contributed by atoms with van der Waals surface area (Å²) in [6.07, 6.45) is 4.90. The summed E-state index contributed by atoms with van der Waals surface area (Å²) in [4.78, 5) is 11.8. The molecule has 4 heterocycles. The van der Waals surface area contributed by atoms with Gasteiger partial charge in [-0.15, -0.1) is 0 Å². The highest BCUT2D eigenvalue weighted by Gasteiger charge is 2.40. The minimum absolute atomic E-state index is 0.252. The van der Waals surface area contributed by atoms with Gasteiger partial charge in [0.05, 0.1) is 11.6 Å². The van der Waals surface area contributed by atoms with Gasteiger partial charge in [-0.05, 0) is 44.7 Å². The first-order valence-electron chi connectivity index (χ1n) is 10.7. The molecule has 2 aliphatic heterocycles. The van der Waals surface area contributed by atoms with Crippen LogP contribution in [0.4, 0.5) is 22.0 Å². The van der Waals surface area contributed by atoms with E-state index in [2.05, 4.69) is 36.8 Å². The zero-order chi connectivity index (χ0) is 21.4. The van der Waals surface area contributed by atoms with Gasteiger partial charge in [-0.1, -0.05) is 0 Å². The van der Waals surface area contributed by atoms with E-state index in [9.17, 15) is 4.39 Å². The van der Waals surface area contributed by atoms with Gasteiger partial charge in [0.15, 0.2) is 5.82 Å². The normalized spacial score (nSPS) is 23.1. The molecule has 2 atom stereocenters. The van der Waals surface area contributed by atoms with Gasteiger partial charge in [-0.3, -0.25) is 10.00 Å². The molecule has 160 valence electrons. The molecule has 5 rings (SSSR count). The number of halogens is 1. The fourth-order valence-corrected chi connectivity index (χ4v) is 4.98. The minimum atomic E-state index is -0.331. The molecule has 2 fully saturated rings. The molecule has 0 radical (unpaired) electrons. The number of aromatic nitrogens is 4. The van der Waals surface area contributed by atoms with Gasteiger partial charge in [-0.25, -0.2) is 9.37 Å². The maximum atomic E-state index is 13.9. The lowest BCUT2D eigenvalue weighted by Gasteiger charge is -2.38. The molecule has 2 bridgehead atoms. The molecule has 8 nitrogen and oxygen atoms in total. The average molecular weight is 420 g/mol. The number of nitriles is 1. The molecular weight excluding hydrogens is 395 g/mol. The van der Waals surface area contributed by atoms with E-state index in [0.717, 1.165) is 30.5 Å². The van der Waals surface area contributed by atoms with Crippen molar-refractivity contribution in [2.24, 2.45) is 0 Å². The molecular formula is C22H25FN8. The number of benzene rings is 1. The summed E-state index contributed by atoms with van der Waals surface area (Å²) in [6, 6.07) is 9.91. The monoisotopic (exact) mass is 420 g/mol. The molecule has 3 N–H and O–H groups in total. The van der Waals surface area contributed by atoms with Gasteiger partial charge in [0.1, 0.15) is 11.6 Å². The first-order chi connectivity index (χ1) is 15.1. The van der Waals surface area contributed by atoms with Crippen LogP contribution in [-0.4, -0.2) is 49.7 Å². The van der Waals surface area contributed by atoms with Crippen molar-refractivity contribution in [1.82, 2.24) is 25.1 Å². The highest BCUT2D eigenvalue weighted by molar-refractivity contribution is 5.91. The molecule has 31 heavy (non-hydrogen) atoms. The van der Waals surface area contributed by atoms with Crippen LogP contribution in [0.2, 0.25) is 0 Å². The summed E-state index contributed by atoms with van der Waals surface area (Å²) in [5, 5.41) is 23.5. The van der Waals surface area contributed by atoms with Crippen LogP contribution >= 0.6 is 0 Å². The van der Waals surface area contributed by atoms with E-state index >= 15 is 0 Å². The molecule has 3 aromatic rings. The number of aryl methyl sites for hydroxylation is 1. The Balaban J connectivity index is 1.39. The predicted molar refractivity (Wildman–Crippen MR) is 116 cm³/mol. The maximum absolute atomic E-state index is 13.9. The Morgan fingerprint density at radius 3 is 2.74 bits per heavy atom. The Labute approximate surface area is 179 Å². The van der Waals surface area contributed by atoms with Crippen LogP contribution in [0.1, 0.15) is 37.8 Å². The van der Waals surface area contributed by atoms with Gasteiger partial charge in [-0.2, -0.15) is 15.3 Å². The van der Waals surface area contributed by atoms with Crippen LogP contribution < -0.4 is 10.6 Å². The third-order valence-electron chi connectivity index (χ3n) is 6.31. The lowest BCUT2D eigenvalue weighted by atomic mass is 9.97. The molecule has 2 aromatic heterocycles. The van der Waals surface area contributed by atoms with Crippen LogP contribution in [0.25, 0.3) is 10.9 Å². The van der Waals surface area contributed by atoms with Crippen LogP contribution in [0.15, 0.2) is 24.3 Å². The summed E-state index contributed by atoms with van der Waals surface area (Å²) < 4.78 is 13.9. The number of anilines is 3. The molecule has 2 aliphatic rings. The SMILES string of the molecule is Cc1cc(Nc2nc(NC3CC4CCC(C3)N4CCC#N)nc3cc(F)ccc23)n[nH]1. The number of nitrogens with zero attached hydrogens (tertiary/aromatic N) is 5. The fraction of sp³-hybridized carbons (Fsp3) is 0.455. The fourth-order valence-electron chi connectivity index (χ4n) is 4.98. The zero-order valence-corrected chi connectivity index (χ0v) is 17.4. The number of piperidine rings is 1. The molecule has 2 saturated heterocycles. The zero-order valence-electron chi connectivity index (χ0n) is 17.4. The third kappa shape index (κ3) is 4.03. The van der Waals surface area contributed by atoms with E-state index in [1.165, 1.54) is 25.0 Å². The Morgan fingerprint density at radius 2 is 2.03 bits per heavy atom. The van der Waals surface area contributed by atoms with Gasteiger partial charge in [0.25, 0.3) is 0 Å². The lowest BCUT2D eigenvalue weighted by Crippen LogP contribution is -2.47. The van der Waals surface area contributed by atoms with E-state index in [1.807, 2.05) is 13.0 Å². The summed E-state index contributed by atoms with van der Waals surface area (Å²) >= 11 is 0. The first kappa shape index (κ1) is 19.7. The van der Waals surface area contributed by atoms with E-state index in [0.29, 0.717) is 41.6 Å². The van der Waals surface area contributed by atoms with Crippen LogP contribution in [0.3, 0.4) is 0 Å². The van der Waals surface area contributed by atoms with Crippen LogP contribution in [0.5, 0.6) is 0 Å². The lowest BCUT2D eigenvalue weighted by molar-refractivity contribution is 0.135. The standard InChI is InChI=1S/C22H25FN8/c1-13-9-20(30-29-13)27-21-18-6-3-14(23)10-19(18)26-22(28-21)25-15-11-16-4-5-17(12-15)31(16)8-2-7-24/h3,6,9-10,15-17H,2,4-5,8,11-12H2,1H3,(H3,25,26,27,28,29,30). The summed E-state index contributed by atoms with van der Waals surface area (Å²) in [5.41, 5.74) is 1.48. The Hall–Kier alpha value is -3.25. The van der Waals surface area contributed by atoms with Crippen molar-refractivity contribution in [3.63, 3.8) is 0 Å². The van der Waals surface area contributed by atoms with E-state index < -0.39 is 0 Å². The molecule has 0 spiro atoms. The highest BCUT2D eigenvalue weighted by atomic mass is 19.1.